The fourth-order valence-electron chi connectivity index (χ4n) is 1.50. The van der Waals surface area contributed by atoms with Crippen LogP contribution in [-0.4, -0.2) is 11.7 Å². The molecule has 2 rings (SSSR count). The third kappa shape index (κ3) is 1.91. The minimum absolute atomic E-state index is 0.0719. The molecule has 3 N–H and O–H groups in total. The number of nitrogens with two attached hydrogens (primary N) is 1. The highest BCUT2D eigenvalue weighted by atomic mass is 35.5. The molecular weight excluding hydrogens is 241 g/mol. The Kier molecular flexibility index (Phi) is 2.45. The van der Waals surface area contributed by atoms with Gasteiger partial charge >= 0.3 is 6.18 Å². The van der Waals surface area contributed by atoms with Gasteiger partial charge in [0.2, 0.25) is 0 Å². The van der Waals surface area contributed by atoms with Crippen molar-refractivity contribution in [3.8, 4) is 0 Å². The Morgan fingerprint density at radius 2 is 1.94 bits per heavy atom. The predicted molar refractivity (Wildman–Crippen MR) is 57.5 cm³/mol. The summed E-state index contributed by atoms with van der Waals surface area (Å²) < 4.78 is 38.0. The number of alkyl halides is 3. The summed E-state index contributed by atoms with van der Waals surface area (Å²) in [6.07, 6.45) is -4.12. The molecule has 0 amide bonds. The van der Waals surface area contributed by atoms with Gasteiger partial charge in [0.15, 0.2) is 0 Å². The van der Waals surface area contributed by atoms with Gasteiger partial charge in [0.05, 0.1) is 11.4 Å². The third-order valence-corrected chi connectivity index (χ3v) is 2.92. The topological polar surface area (TPSA) is 38.0 Å². The number of hydrogen-bond donors (Lipinski definition) is 2. The number of benzene rings is 1. The quantitative estimate of drug-likeness (QED) is 0.789. The molecule has 16 heavy (non-hydrogen) atoms. The highest BCUT2D eigenvalue weighted by Gasteiger charge is 2.63. The van der Waals surface area contributed by atoms with Gasteiger partial charge in [-0.1, -0.05) is 11.6 Å². The lowest BCUT2D eigenvalue weighted by molar-refractivity contribution is -0.151. The highest BCUT2D eigenvalue weighted by Crippen LogP contribution is 2.51. The second-order valence-electron chi connectivity index (χ2n) is 3.94. The average molecular weight is 251 g/mol. The van der Waals surface area contributed by atoms with Crippen LogP contribution in [-0.2, 0) is 0 Å². The zero-order chi connectivity index (χ0) is 12.0. The molecule has 0 aromatic heterocycles. The molecule has 0 bridgehead atoms. The van der Waals surface area contributed by atoms with Crippen molar-refractivity contribution in [3.05, 3.63) is 23.2 Å². The van der Waals surface area contributed by atoms with Crippen molar-refractivity contribution < 1.29 is 13.2 Å². The van der Waals surface area contributed by atoms with E-state index < -0.39 is 11.7 Å². The van der Waals surface area contributed by atoms with Crippen LogP contribution >= 0.6 is 11.6 Å². The van der Waals surface area contributed by atoms with Crippen LogP contribution < -0.4 is 11.1 Å². The molecule has 0 radical (unpaired) electrons. The number of halogens is 4. The number of nitrogens with one attached hydrogen (secondary N) is 1. The second-order valence-corrected chi connectivity index (χ2v) is 4.37. The molecule has 88 valence electrons. The maximum Gasteiger partial charge on any atom is 0.411 e. The zero-order valence-corrected chi connectivity index (χ0v) is 8.99. The summed E-state index contributed by atoms with van der Waals surface area (Å²) in [7, 11) is 0. The molecule has 1 aromatic rings. The van der Waals surface area contributed by atoms with Crippen LogP contribution in [0.15, 0.2) is 18.2 Å². The van der Waals surface area contributed by atoms with E-state index in [4.69, 9.17) is 17.3 Å². The summed E-state index contributed by atoms with van der Waals surface area (Å²) in [4.78, 5) is 0. The van der Waals surface area contributed by atoms with E-state index in [1.807, 2.05) is 0 Å². The lowest BCUT2D eigenvalue weighted by Gasteiger charge is -2.22. The first-order valence-electron chi connectivity index (χ1n) is 4.74. The number of nitrogen functional groups attached to an aromatic ring is 1. The first-order chi connectivity index (χ1) is 7.34. The highest BCUT2D eigenvalue weighted by molar-refractivity contribution is 6.31. The van der Waals surface area contributed by atoms with Gasteiger partial charge in [-0.05, 0) is 31.0 Å². The lowest BCUT2D eigenvalue weighted by atomic mass is 10.2. The van der Waals surface area contributed by atoms with Gasteiger partial charge in [0.25, 0.3) is 0 Å². The largest absolute Gasteiger partial charge is 0.411 e. The fourth-order valence-corrected chi connectivity index (χ4v) is 1.67. The van der Waals surface area contributed by atoms with Gasteiger partial charge in [0.1, 0.15) is 5.54 Å². The van der Waals surface area contributed by atoms with Gasteiger partial charge in [-0.2, -0.15) is 13.2 Å². The monoisotopic (exact) mass is 250 g/mol. The fraction of sp³-hybridized carbons (Fsp3) is 0.400. The standard InChI is InChI=1S/C10H10ClF3N2/c11-6-1-2-7(15)8(5-6)16-9(3-4-9)10(12,13)14/h1-2,5,16H,3-4,15H2. The number of anilines is 2. The Morgan fingerprint density at radius 3 is 2.44 bits per heavy atom. The van der Waals surface area contributed by atoms with Crippen molar-refractivity contribution in [2.24, 2.45) is 0 Å². The van der Waals surface area contributed by atoms with Crippen LogP contribution in [0.3, 0.4) is 0 Å². The van der Waals surface area contributed by atoms with Gasteiger partial charge in [-0.3, -0.25) is 0 Å². The first kappa shape index (κ1) is 11.4. The van der Waals surface area contributed by atoms with Crippen molar-refractivity contribution in [2.45, 2.75) is 24.6 Å². The van der Waals surface area contributed by atoms with Crippen LogP contribution in [0.25, 0.3) is 0 Å². The van der Waals surface area contributed by atoms with Gasteiger partial charge in [-0.15, -0.1) is 0 Å². The molecule has 0 aliphatic heterocycles. The minimum Gasteiger partial charge on any atom is -0.397 e. The van der Waals surface area contributed by atoms with Crippen LogP contribution in [0.5, 0.6) is 0 Å². The molecule has 1 aromatic carbocycles. The van der Waals surface area contributed by atoms with Crippen LogP contribution in [0.2, 0.25) is 5.02 Å². The summed E-state index contributed by atoms with van der Waals surface area (Å²) in [6.45, 7) is 0. The van der Waals surface area contributed by atoms with Crippen LogP contribution in [0.1, 0.15) is 12.8 Å². The Hall–Kier alpha value is -1.10. The van der Waals surface area contributed by atoms with E-state index in [0.29, 0.717) is 5.02 Å². The Morgan fingerprint density at radius 1 is 1.31 bits per heavy atom. The Labute approximate surface area is 95.6 Å². The summed E-state index contributed by atoms with van der Waals surface area (Å²) in [5, 5.41) is 2.80. The number of hydrogen-bond acceptors (Lipinski definition) is 2. The van der Waals surface area contributed by atoms with E-state index in [-0.39, 0.29) is 24.2 Å². The van der Waals surface area contributed by atoms with Crippen LogP contribution in [0.4, 0.5) is 24.5 Å². The molecule has 1 aliphatic rings. The van der Waals surface area contributed by atoms with Crippen molar-refractivity contribution in [1.29, 1.82) is 0 Å². The molecule has 0 atom stereocenters. The summed E-state index contributed by atoms with van der Waals surface area (Å²) in [5.74, 6) is 0. The van der Waals surface area contributed by atoms with Crippen molar-refractivity contribution in [3.63, 3.8) is 0 Å². The summed E-state index contributed by atoms with van der Waals surface area (Å²) in [5.41, 5.74) is 4.27. The SMILES string of the molecule is Nc1ccc(Cl)cc1NC1(C(F)(F)F)CC1. The lowest BCUT2D eigenvalue weighted by Crippen LogP contribution is -2.38. The van der Waals surface area contributed by atoms with Gasteiger partial charge < -0.3 is 11.1 Å². The first-order valence-corrected chi connectivity index (χ1v) is 5.12. The van der Waals surface area contributed by atoms with Gasteiger partial charge in [-0.25, -0.2) is 0 Å². The zero-order valence-electron chi connectivity index (χ0n) is 8.24. The average Bonchev–Trinajstić information content (AvgIpc) is 2.91. The second kappa shape index (κ2) is 3.45. The van der Waals surface area contributed by atoms with E-state index in [1.54, 1.807) is 0 Å². The van der Waals surface area contributed by atoms with Crippen molar-refractivity contribution >= 4 is 23.0 Å². The van der Waals surface area contributed by atoms with Crippen molar-refractivity contribution in [1.82, 2.24) is 0 Å². The molecule has 1 aliphatic carbocycles. The van der Waals surface area contributed by atoms with E-state index in [2.05, 4.69) is 5.32 Å². The summed E-state index contributed by atoms with van der Waals surface area (Å²) in [6, 6.07) is 4.43. The van der Waals surface area contributed by atoms with E-state index in [9.17, 15) is 13.2 Å². The maximum atomic E-state index is 12.7. The van der Waals surface area contributed by atoms with Crippen LogP contribution in [0, 0.1) is 0 Å². The van der Waals surface area contributed by atoms with Crippen molar-refractivity contribution in [2.75, 3.05) is 11.1 Å². The molecule has 2 nitrogen and oxygen atoms in total. The molecule has 0 heterocycles. The third-order valence-electron chi connectivity index (χ3n) is 2.68. The summed E-state index contributed by atoms with van der Waals surface area (Å²) >= 11 is 5.70. The molecule has 6 heteroatoms. The van der Waals surface area contributed by atoms with Gasteiger partial charge in [0, 0.05) is 5.02 Å². The smallest absolute Gasteiger partial charge is 0.397 e. The Balaban J connectivity index is 2.25. The Bertz CT molecular complexity index is 413. The molecule has 1 fully saturated rings. The van der Waals surface area contributed by atoms with E-state index >= 15 is 0 Å². The molecule has 0 saturated heterocycles. The number of rotatable bonds is 2. The molecule has 0 spiro atoms. The molecule has 1 saturated carbocycles. The normalized spacial score (nSPS) is 18.2. The molecular formula is C10H10ClF3N2. The van der Waals surface area contributed by atoms with E-state index in [0.717, 1.165) is 0 Å². The van der Waals surface area contributed by atoms with E-state index in [1.165, 1.54) is 18.2 Å². The minimum atomic E-state index is -4.26. The predicted octanol–water partition coefficient (Wildman–Crippen LogP) is 3.43. The maximum absolute atomic E-state index is 12.7. The molecule has 0 unspecified atom stereocenters.